The van der Waals surface area contributed by atoms with Crippen LogP contribution in [0.5, 0.6) is 0 Å². The molecule has 0 radical (unpaired) electrons. The number of aryl methyl sites for hydroxylation is 1. The maximum Gasteiger partial charge on any atom is 0.0432 e. The van der Waals surface area contributed by atoms with Crippen molar-refractivity contribution in [3.63, 3.8) is 0 Å². The van der Waals surface area contributed by atoms with E-state index in [1.54, 1.807) is 0 Å². The van der Waals surface area contributed by atoms with Gasteiger partial charge in [-0.25, -0.2) is 0 Å². The second kappa shape index (κ2) is 6.96. The lowest BCUT2D eigenvalue weighted by Gasteiger charge is -2.27. The highest BCUT2D eigenvalue weighted by molar-refractivity contribution is 9.09. The molecular formula is C20H25Br. The van der Waals surface area contributed by atoms with E-state index in [0.29, 0.717) is 4.83 Å². The van der Waals surface area contributed by atoms with Gasteiger partial charge in [-0.2, -0.15) is 0 Å². The first-order valence-corrected chi connectivity index (χ1v) is 9.31. The number of halogens is 1. The molecule has 2 aromatic rings. The third kappa shape index (κ3) is 3.34. The Morgan fingerprint density at radius 3 is 2.33 bits per heavy atom. The summed E-state index contributed by atoms with van der Waals surface area (Å²) in [5, 5.41) is 2.80. The van der Waals surface area contributed by atoms with Gasteiger partial charge in [0, 0.05) is 4.83 Å². The van der Waals surface area contributed by atoms with Gasteiger partial charge in [0.15, 0.2) is 0 Å². The number of benzene rings is 2. The molecule has 0 nitrogen and oxygen atoms in total. The van der Waals surface area contributed by atoms with E-state index < -0.39 is 0 Å². The molecule has 0 heterocycles. The zero-order valence-electron chi connectivity index (χ0n) is 12.9. The van der Waals surface area contributed by atoms with Crippen molar-refractivity contribution < 1.29 is 0 Å². The summed E-state index contributed by atoms with van der Waals surface area (Å²) in [5.74, 6) is 0.787. The number of fused-ring (bicyclic) bond motifs is 1. The standard InChI is InChI=1S/C20H25Br/c1-15-13-14-16-9-7-8-12-18(16)19(15)20(21)17-10-5-3-2-4-6-11-17/h7-9,12-14,17,20H,2-6,10-11H2,1H3. The van der Waals surface area contributed by atoms with Gasteiger partial charge in [0.2, 0.25) is 0 Å². The quantitative estimate of drug-likeness (QED) is 0.517. The SMILES string of the molecule is Cc1ccc2ccccc2c1C(Br)C1CCCCCCC1. The van der Waals surface area contributed by atoms with Crippen molar-refractivity contribution in [2.45, 2.75) is 56.7 Å². The van der Waals surface area contributed by atoms with Gasteiger partial charge in [0.25, 0.3) is 0 Å². The van der Waals surface area contributed by atoms with E-state index >= 15 is 0 Å². The molecule has 2 aromatic carbocycles. The van der Waals surface area contributed by atoms with Crippen LogP contribution in [-0.2, 0) is 0 Å². The third-order valence-corrected chi connectivity index (χ3v) is 6.23. The average Bonchev–Trinajstić information content (AvgIpc) is 2.46. The highest BCUT2D eigenvalue weighted by Crippen LogP contribution is 2.42. The Morgan fingerprint density at radius 2 is 1.57 bits per heavy atom. The second-order valence-corrected chi connectivity index (χ2v) is 7.51. The summed E-state index contributed by atoms with van der Waals surface area (Å²) in [7, 11) is 0. The van der Waals surface area contributed by atoms with Gasteiger partial charge in [0.1, 0.15) is 0 Å². The summed E-state index contributed by atoms with van der Waals surface area (Å²) < 4.78 is 0. The molecule has 1 heteroatoms. The van der Waals surface area contributed by atoms with E-state index in [9.17, 15) is 0 Å². The summed E-state index contributed by atoms with van der Waals surface area (Å²) in [5.41, 5.74) is 2.95. The van der Waals surface area contributed by atoms with Gasteiger partial charge < -0.3 is 0 Å². The van der Waals surface area contributed by atoms with Gasteiger partial charge in [-0.05, 0) is 47.6 Å². The Morgan fingerprint density at radius 1 is 0.905 bits per heavy atom. The summed E-state index contributed by atoms with van der Waals surface area (Å²) in [4.78, 5) is 0.502. The van der Waals surface area contributed by atoms with E-state index in [4.69, 9.17) is 0 Å². The minimum absolute atomic E-state index is 0.502. The predicted molar refractivity (Wildman–Crippen MR) is 96.2 cm³/mol. The van der Waals surface area contributed by atoms with Crippen LogP contribution in [0.2, 0.25) is 0 Å². The van der Waals surface area contributed by atoms with Gasteiger partial charge in [-0.1, -0.05) is 84.4 Å². The third-order valence-electron chi connectivity index (χ3n) is 5.03. The minimum atomic E-state index is 0.502. The van der Waals surface area contributed by atoms with E-state index in [-0.39, 0.29) is 0 Å². The lowest BCUT2D eigenvalue weighted by Crippen LogP contribution is -2.11. The van der Waals surface area contributed by atoms with Crippen molar-refractivity contribution in [2.24, 2.45) is 5.92 Å². The van der Waals surface area contributed by atoms with Crippen molar-refractivity contribution in [3.8, 4) is 0 Å². The molecule has 1 atom stereocenters. The number of alkyl halides is 1. The normalized spacial score (nSPS) is 19.1. The molecule has 0 spiro atoms. The van der Waals surface area contributed by atoms with Crippen LogP contribution in [0.4, 0.5) is 0 Å². The first kappa shape index (κ1) is 15.1. The molecule has 3 rings (SSSR count). The molecule has 0 aliphatic heterocycles. The molecule has 21 heavy (non-hydrogen) atoms. The van der Waals surface area contributed by atoms with Crippen molar-refractivity contribution in [2.75, 3.05) is 0 Å². The maximum absolute atomic E-state index is 4.08. The van der Waals surface area contributed by atoms with E-state index in [1.165, 1.54) is 66.8 Å². The van der Waals surface area contributed by atoms with Crippen LogP contribution in [-0.4, -0.2) is 0 Å². The first-order valence-electron chi connectivity index (χ1n) is 8.39. The van der Waals surface area contributed by atoms with Crippen LogP contribution in [0.1, 0.15) is 60.9 Å². The van der Waals surface area contributed by atoms with Crippen LogP contribution < -0.4 is 0 Å². The molecule has 1 unspecified atom stereocenters. The van der Waals surface area contributed by atoms with Crippen LogP contribution in [0.3, 0.4) is 0 Å². The van der Waals surface area contributed by atoms with Crippen molar-refractivity contribution >= 4 is 26.7 Å². The monoisotopic (exact) mass is 344 g/mol. The number of rotatable bonds is 2. The second-order valence-electron chi connectivity index (χ2n) is 6.52. The Balaban J connectivity index is 1.96. The zero-order chi connectivity index (χ0) is 14.7. The predicted octanol–water partition coefficient (Wildman–Crippen LogP) is 6.94. The molecular weight excluding hydrogens is 320 g/mol. The van der Waals surface area contributed by atoms with Crippen LogP contribution in [0.15, 0.2) is 36.4 Å². The molecule has 1 aliphatic rings. The van der Waals surface area contributed by atoms with Crippen LogP contribution >= 0.6 is 15.9 Å². The summed E-state index contributed by atoms with van der Waals surface area (Å²) in [6, 6.07) is 13.4. The average molecular weight is 345 g/mol. The Kier molecular flexibility index (Phi) is 5.00. The highest BCUT2D eigenvalue weighted by atomic mass is 79.9. The van der Waals surface area contributed by atoms with Crippen molar-refractivity contribution in [1.29, 1.82) is 0 Å². The maximum atomic E-state index is 4.08. The Hall–Kier alpha value is -0.820. The van der Waals surface area contributed by atoms with E-state index in [1.807, 2.05) is 0 Å². The van der Waals surface area contributed by atoms with Gasteiger partial charge in [-0.15, -0.1) is 0 Å². The summed E-state index contributed by atoms with van der Waals surface area (Å²) >= 11 is 4.08. The fraction of sp³-hybridized carbons (Fsp3) is 0.500. The molecule has 1 aliphatic carbocycles. The molecule has 1 fully saturated rings. The van der Waals surface area contributed by atoms with Gasteiger partial charge in [-0.3, -0.25) is 0 Å². The van der Waals surface area contributed by atoms with Crippen LogP contribution in [0.25, 0.3) is 10.8 Å². The molecule has 112 valence electrons. The molecule has 0 saturated heterocycles. The molecule has 0 aromatic heterocycles. The van der Waals surface area contributed by atoms with E-state index in [0.717, 1.165) is 5.92 Å². The van der Waals surface area contributed by atoms with Gasteiger partial charge in [0.05, 0.1) is 0 Å². The smallest absolute Gasteiger partial charge is 0.0432 e. The summed E-state index contributed by atoms with van der Waals surface area (Å²) in [6.07, 6.45) is 9.83. The molecule has 0 amide bonds. The minimum Gasteiger partial charge on any atom is -0.0835 e. The fourth-order valence-corrected chi connectivity index (χ4v) is 4.92. The molecule has 1 saturated carbocycles. The van der Waals surface area contributed by atoms with Crippen molar-refractivity contribution in [1.82, 2.24) is 0 Å². The largest absolute Gasteiger partial charge is 0.0835 e. The fourth-order valence-electron chi connectivity index (χ4n) is 3.79. The Labute approximate surface area is 137 Å². The zero-order valence-corrected chi connectivity index (χ0v) is 14.5. The highest BCUT2D eigenvalue weighted by Gasteiger charge is 2.24. The molecule has 0 bridgehead atoms. The topological polar surface area (TPSA) is 0 Å². The number of hydrogen-bond acceptors (Lipinski definition) is 0. The summed E-state index contributed by atoms with van der Waals surface area (Å²) in [6.45, 7) is 2.26. The van der Waals surface area contributed by atoms with Crippen molar-refractivity contribution in [3.05, 3.63) is 47.5 Å². The van der Waals surface area contributed by atoms with Gasteiger partial charge >= 0.3 is 0 Å². The Bertz CT molecular complexity index is 594. The number of hydrogen-bond donors (Lipinski definition) is 0. The lowest BCUT2D eigenvalue weighted by atomic mass is 9.84. The van der Waals surface area contributed by atoms with E-state index in [2.05, 4.69) is 59.3 Å². The lowest BCUT2D eigenvalue weighted by molar-refractivity contribution is 0.375. The molecule has 0 N–H and O–H groups in total. The van der Waals surface area contributed by atoms with Crippen LogP contribution in [0, 0.1) is 12.8 Å². The first-order chi connectivity index (χ1) is 10.3.